The molecule has 0 unspecified atom stereocenters. The first-order valence-electron chi connectivity index (χ1n) is 10.0. The van der Waals surface area contributed by atoms with Crippen LogP contribution in [0.4, 0.5) is 10.1 Å². The first-order chi connectivity index (χ1) is 15.0. The van der Waals surface area contributed by atoms with Crippen LogP contribution in [0.15, 0.2) is 59.0 Å². The monoisotopic (exact) mass is 436 g/mol. The Morgan fingerprint density at radius 3 is 2.84 bits per heavy atom. The number of hydrazone groups is 1. The lowest BCUT2D eigenvalue weighted by Crippen LogP contribution is -2.42. The summed E-state index contributed by atoms with van der Waals surface area (Å²) in [4.78, 5) is 19.6. The molecule has 3 aromatic rings. The average molecular weight is 437 g/mol. The largest absolute Gasteiger partial charge is 0.489 e. The summed E-state index contributed by atoms with van der Waals surface area (Å²) in [6, 6.07) is 13.9. The van der Waals surface area contributed by atoms with E-state index >= 15 is 0 Å². The van der Waals surface area contributed by atoms with Crippen LogP contribution in [0.2, 0.25) is 0 Å². The predicted molar refractivity (Wildman–Crippen MR) is 118 cm³/mol. The molecule has 2 atom stereocenters. The first-order valence-corrected chi connectivity index (χ1v) is 10.9. The Kier molecular flexibility index (Phi) is 4.94. The molecular formula is C23H21FN4O2S. The van der Waals surface area contributed by atoms with Crippen molar-refractivity contribution in [2.75, 3.05) is 18.7 Å². The first kappa shape index (κ1) is 19.7. The molecule has 1 aromatic heterocycles. The van der Waals surface area contributed by atoms with Gasteiger partial charge in [0, 0.05) is 18.5 Å². The molecule has 0 fully saturated rings. The van der Waals surface area contributed by atoms with Crippen molar-refractivity contribution < 1.29 is 13.9 Å². The Labute approximate surface area is 183 Å². The van der Waals surface area contributed by atoms with Gasteiger partial charge in [0.2, 0.25) is 0 Å². The number of aryl methyl sites for hydroxylation is 1. The van der Waals surface area contributed by atoms with Crippen molar-refractivity contribution in [1.82, 2.24) is 9.88 Å². The molecule has 0 N–H and O–H groups in total. The highest BCUT2D eigenvalue weighted by Crippen LogP contribution is 2.43. The Morgan fingerprint density at radius 2 is 2.10 bits per heavy atom. The Morgan fingerprint density at radius 1 is 1.29 bits per heavy atom. The van der Waals surface area contributed by atoms with E-state index in [1.807, 2.05) is 42.6 Å². The Balaban J connectivity index is 1.52. The smallest absolute Gasteiger partial charge is 0.270 e. The molecule has 0 saturated carbocycles. The number of amides is 1. The van der Waals surface area contributed by atoms with Crippen LogP contribution in [0.5, 0.6) is 5.75 Å². The van der Waals surface area contributed by atoms with Crippen molar-refractivity contribution >= 4 is 28.6 Å². The maximum atomic E-state index is 14.0. The summed E-state index contributed by atoms with van der Waals surface area (Å²) in [6.45, 7) is 2.70. The van der Waals surface area contributed by atoms with Crippen LogP contribution >= 0.6 is 11.3 Å². The number of nitrogens with zero attached hydrogens (tertiary/aromatic N) is 4. The van der Waals surface area contributed by atoms with E-state index < -0.39 is 0 Å². The van der Waals surface area contributed by atoms with Crippen LogP contribution in [0.1, 0.15) is 22.2 Å². The number of benzene rings is 2. The van der Waals surface area contributed by atoms with E-state index in [2.05, 4.69) is 4.98 Å². The zero-order valence-corrected chi connectivity index (χ0v) is 18.0. The third-order valence-electron chi connectivity index (χ3n) is 5.58. The molecular weight excluding hydrogens is 415 g/mol. The van der Waals surface area contributed by atoms with E-state index in [4.69, 9.17) is 9.84 Å². The number of rotatable bonds is 4. The molecule has 8 heteroatoms. The van der Waals surface area contributed by atoms with Crippen LogP contribution in [-0.4, -0.2) is 41.2 Å². The van der Waals surface area contributed by atoms with Crippen molar-refractivity contribution in [2.45, 2.75) is 25.4 Å². The highest BCUT2D eigenvalue weighted by Gasteiger charge is 2.46. The lowest BCUT2D eigenvalue weighted by molar-refractivity contribution is -0.123. The number of anilines is 1. The van der Waals surface area contributed by atoms with Gasteiger partial charge in [-0.15, -0.1) is 11.3 Å². The number of thiazole rings is 1. The third-order valence-corrected chi connectivity index (χ3v) is 6.40. The molecule has 0 saturated heterocycles. The molecule has 2 aromatic carbocycles. The summed E-state index contributed by atoms with van der Waals surface area (Å²) >= 11 is 1.56. The molecule has 0 radical (unpaired) electrons. The van der Waals surface area contributed by atoms with Gasteiger partial charge in [0.15, 0.2) is 0 Å². The van der Waals surface area contributed by atoms with Crippen molar-refractivity contribution in [3.8, 4) is 5.75 Å². The molecule has 2 aliphatic rings. The molecule has 0 aliphatic carbocycles. The highest BCUT2D eigenvalue weighted by atomic mass is 32.1. The molecule has 158 valence electrons. The number of hydrogen-bond donors (Lipinski definition) is 0. The van der Waals surface area contributed by atoms with Crippen molar-refractivity contribution in [3.05, 3.63) is 76.0 Å². The summed E-state index contributed by atoms with van der Waals surface area (Å²) in [6.07, 6.45) is 0. The Bertz CT molecular complexity index is 1160. The van der Waals surface area contributed by atoms with Crippen LogP contribution in [0, 0.1) is 12.7 Å². The van der Waals surface area contributed by atoms with Gasteiger partial charge in [0.05, 0.1) is 29.2 Å². The molecule has 2 aliphatic heterocycles. The summed E-state index contributed by atoms with van der Waals surface area (Å²) in [7, 11) is 1.75. The van der Waals surface area contributed by atoms with Gasteiger partial charge in [0.1, 0.15) is 29.6 Å². The van der Waals surface area contributed by atoms with Crippen molar-refractivity contribution in [1.29, 1.82) is 0 Å². The second-order valence-electron chi connectivity index (χ2n) is 7.73. The zero-order chi connectivity index (χ0) is 21.5. The summed E-state index contributed by atoms with van der Waals surface area (Å²) in [5, 5.41) is 9.38. The van der Waals surface area contributed by atoms with Crippen LogP contribution in [0.25, 0.3) is 0 Å². The molecule has 6 nitrogen and oxygen atoms in total. The van der Waals surface area contributed by atoms with Gasteiger partial charge in [0.25, 0.3) is 5.91 Å². The number of halogens is 1. The van der Waals surface area contributed by atoms with E-state index in [1.54, 1.807) is 34.4 Å². The summed E-state index contributed by atoms with van der Waals surface area (Å²) < 4.78 is 19.9. The van der Waals surface area contributed by atoms with E-state index in [0.717, 1.165) is 16.3 Å². The molecule has 0 spiro atoms. The number of fused-ring (bicyclic) bond motifs is 3. The molecule has 31 heavy (non-hydrogen) atoms. The summed E-state index contributed by atoms with van der Waals surface area (Å²) in [5.74, 6) is -0.268. The number of ether oxygens (including phenoxy) is 1. The number of carbonyl (C=O) groups excluding carboxylic acids is 1. The predicted octanol–water partition coefficient (Wildman–Crippen LogP) is 3.97. The molecule has 0 bridgehead atoms. The van der Waals surface area contributed by atoms with Gasteiger partial charge in [-0.1, -0.05) is 30.3 Å². The van der Waals surface area contributed by atoms with E-state index in [0.29, 0.717) is 30.3 Å². The SMILES string of the molecule is Cc1nc(CN(C)C(=O)C2=NN3c4cc(F)ccc4OC[C@H]3[C@H]2c2ccccc2)cs1. The van der Waals surface area contributed by atoms with Crippen molar-refractivity contribution in [3.63, 3.8) is 0 Å². The second kappa shape index (κ2) is 7.77. The average Bonchev–Trinajstić information content (AvgIpc) is 3.37. The Hall–Kier alpha value is -3.26. The van der Waals surface area contributed by atoms with E-state index in [1.165, 1.54) is 12.1 Å². The summed E-state index contributed by atoms with van der Waals surface area (Å²) in [5.41, 5.74) is 2.79. The quantitative estimate of drug-likeness (QED) is 0.621. The van der Waals surface area contributed by atoms with Gasteiger partial charge in [-0.05, 0) is 24.6 Å². The second-order valence-corrected chi connectivity index (χ2v) is 8.79. The number of hydrogen-bond acceptors (Lipinski definition) is 6. The van der Waals surface area contributed by atoms with Gasteiger partial charge < -0.3 is 9.64 Å². The normalized spacial score (nSPS) is 19.3. The van der Waals surface area contributed by atoms with Crippen LogP contribution in [-0.2, 0) is 11.3 Å². The topological polar surface area (TPSA) is 58.0 Å². The van der Waals surface area contributed by atoms with Gasteiger partial charge in [-0.3, -0.25) is 9.80 Å². The fraction of sp³-hybridized carbons (Fsp3) is 0.261. The number of carbonyl (C=O) groups is 1. The van der Waals surface area contributed by atoms with E-state index in [9.17, 15) is 9.18 Å². The van der Waals surface area contributed by atoms with Crippen LogP contribution in [0.3, 0.4) is 0 Å². The van der Waals surface area contributed by atoms with Gasteiger partial charge in [-0.2, -0.15) is 5.10 Å². The zero-order valence-electron chi connectivity index (χ0n) is 17.2. The number of aromatic nitrogens is 1. The highest BCUT2D eigenvalue weighted by molar-refractivity contribution is 7.09. The molecule has 5 rings (SSSR count). The maximum absolute atomic E-state index is 14.0. The van der Waals surface area contributed by atoms with Gasteiger partial charge >= 0.3 is 0 Å². The fourth-order valence-electron chi connectivity index (χ4n) is 4.15. The van der Waals surface area contributed by atoms with Gasteiger partial charge in [-0.25, -0.2) is 9.37 Å². The standard InChI is InChI=1S/C23H21FN4O2S/c1-14-25-17(13-31-14)11-27(2)23(29)22-21(15-6-4-3-5-7-15)19-12-30-20-9-8-16(24)10-18(20)28(19)26-22/h3-10,13,19,21H,11-12H2,1-2H3/t19-,21+/m0/s1. The lowest BCUT2D eigenvalue weighted by Gasteiger charge is -2.33. The third kappa shape index (κ3) is 3.57. The lowest BCUT2D eigenvalue weighted by atomic mass is 9.87. The van der Waals surface area contributed by atoms with Crippen LogP contribution < -0.4 is 9.75 Å². The van der Waals surface area contributed by atoms with Crippen molar-refractivity contribution in [2.24, 2.45) is 5.10 Å². The minimum Gasteiger partial charge on any atom is -0.489 e. The minimum atomic E-state index is -0.370. The maximum Gasteiger partial charge on any atom is 0.270 e. The molecule has 3 heterocycles. The fourth-order valence-corrected chi connectivity index (χ4v) is 4.75. The molecule has 1 amide bonds. The minimum absolute atomic E-state index is 0.174. The van der Waals surface area contributed by atoms with E-state index in [-0.39, 0.29) is 23.7 Å².